The van der Waals surface area contributed by atoms with Crippen molar-refractivity contribution in [2.45, 2.75) is 38.6 Å². The Labute approximate surface area is 117 Å². The maximum absolute atomic E-state index is 12.0. The first kappa shape index (κ1) is 13.6. The summed E-state index contributed by atoms with van der Waals surface area (Å²) in [4.78, 5) is 15.9. The van der Waals surface area contributed by atoms with Crippen molar-refractivity contribution in [2.24, 2.45) is 5.92 Å². The topological polar surface area (TPSA) is 42.0 Å². The fourth-order valence-electron chi connectivity index (χ4n) is 2.38. The molecule has 18 heavy (non-hydrogen) atoms. The van der Waals surface area contributed by atoms with Crippen LogP contribution < -0.4 is 5.32 Å². The molecule has 1 N–H and O–H groups in total. The average Bonchev–Trinajstić information content (AvgIpc) is 2.32. The lowest BCUT2D eigenvalue weighted by Crippen LogP contribution is -2.38. The van der Waals surface area contributed by atoms with Gasteiger partial charge >= 0.3 is 0 Å². The van der Waals surface area contributed by atoms with Gasteiger partial charge in [-0.2, -0.15) is 0 Å². The van der Waals surface area contributed by atoms with Crippen LogP contribution in [0.3, 0.4) is 0 Å². The predicted octanol–water partition coefficient (Wildman–Crippen LogP) is 3.70. The highest BCUT2D eigenvalue weighted by molar-refractivity contribution is 6.41. The maximum atomic E-state index is 12.0. The number of hydrogen-bond donors (Lipinski definition) is 1. The number of halogens is 2. The molecule has 1 heterocycles. The van der Waals surface area contributed by atoms with Gasteiger partial charge in [-0.15, -0.1) is 0 Å². The van der Waals surface area contributed by atoms with Crippen LogP contribution in [-0.4, -0.2) is 16.9 Å². The van der Waals surface area contributed by atoms with Crippen molar-refractivity contribution in [2.75, 3.05) is 0 Å². The molecule has 0 spiro atoms. The number of carbonyl (C=O) groups excluding carboxylic acids is 1. The van der Waals surface area contributed by atoms with Crippen LogP contribution in [0.2, 0.25) is 10.2 Å². The molecule has 1 aromatic rings. The summed E-state index contributed by atoms with van der Waals surface area (Å²) in [5.74, 6) is 0.552. The highest BCUT2D eigenvalue weighted by atomic mass is 35.5. The Morgan fingerprint density at radius 3 is 2.89 bits per heavy atom. The first-order chi connectivity index (χ1) is 8.56. The summed E-state index contributed by atoms with van der Waals surface area (Å²) in [6, 6.07) is 1.81. The SMILES string of the molecule is C[C@H]1CCC[C@H](NC(=O)c2cnc(Cl)c(Cl)c2)C1. The lowest BCUT2D eigenvalue weighted by molar-refractivity contribution is 0.0921. The molecule has 1 aromatic heterocycles. The van der Waals surface area contributed by atoms with E-state index in [-0.39, 0.29) is 17.1 Å². The third-order valence-corrected chi connectivity index (χ3v) is 4.02. The number of nitrogens with one attached hydrogen (secondary N) is 1. The molecule has 1 aliphatic carbocycles. The second-order valence-corrected chi connectivity index (χ2v) is 5.70. The van der Waals surface area contributed by atoms with Gasteiger partial charge in [0.25, 0.3) is 5.91 Å². The highest BCUT2D eigenvalue weighted by Crippen LogP contribution is 2.24. The van der Waals surface area contributed by atoms with Gasteiger partial charge in [0.2, 0.25) is 0 Å². The van der Waals surface area contributed by atoms with Crippen LogP contribution in [0.5, 0.6) is 0 Å². The van der Waals surface area contributed by atoms with Crippen molar-refractivity contribution < 1.29 is 4.79 Å². The van der Waals surface area contributed by atoms with E-state index < -0.39 is 0 Å². The van der Waals surface area contributed by atoms with Gasteiger partial charge in [-0.25, -0.2) is 4.98 Å². The maximum Gasteiger partial charge on any atom is 0.253 e. The fourth-order valence-corrected chi connectivity index (χ4v) is 2.65. The summed E-state index contributed by atoms with van der Waals surface area (Å²) in [7, 11) is 0. The number of carbonyl (C=O) groups is 1. The highest BCUT2D eigenvalue weighted by Gasteiger charge is 2.21. The minimum absolute atomic E-state index is 0.125. The van der Waals surface area contributed by atoms with E-state index in [1.165, 1.54) is 19.0 Å². The normalized spacial score (nSPS) is 23.7. The Hall–Kier alpha value is -0.800. The molecule has 0 unspecified atom stereocenters. The van der Waals surface area contributed by atoms with Crippen LogP contribution in [0.1, 0.15) is 43.0 Å². The van der Waals surface area contributed by atoms with Crippen LogP contribution in [0.15, 0.2) is 12.3 Å². The molecule has 3 nitrogen and oxygen atoms in total. The third-order valence-electron chi connectivity index (χ3n) is 3.33. The summed E-state index contributed by atoms with van der Waals surface area (Å²) in [5.41, 5.74) is 0.461. The van der Waals surface area contributed by atoms with E-state index in [1.54, 1.807) is 6.07 Å². The molecule has 5 heteroatoms. The van der Waals surface area contributed by atoms with Gasteiger partial charge in [0, 0.05) is 12.2 Å². The summed E-state index contributed by atoms with van der Waals surface area (Å²) in [6.07, 6.45) is 5.97. The molecule has 1 aliphatic rings. The zero-order chi connectivity index (χ0) is 13.1. The molecule has 2 rings (SSSR count). The Balaban J connectivity index is 2.00. The molecule has 1 fully saturated rings. The second kappa shape index (κ2) is 5.89. The van der Waals surface area contributed by atoms with Crippen molar-refractivity contribution in [1.29, 1.82) is 0 Å². The monoisotopic (exact) mass is 286 g/mol. The van der Waals surface area contributed by atoms with Gasteiger partial charge in [-0.1, -0.05) is 43.0 Å². The minimum Gasteiger partial charge on any atom is -0.349 e. The van der Waals surface area contributed by atoms with Crippen LogP contribution in [0.4, 0.5) is 0 Å². The van der Waals surface area contributed by atoms with Crippen molar-refractivity contribution in [3.63, 3.8) is 0 Å². The second-order valence-electron chi connectivity index (χ2n) is 4.94. The Bertz CT molecular complexity index is 451. The number of pyridine rings is 1. The van der Waals surface area contributed by atoms with Crippen molar-refractivity contribution in [3.8, 4) is 0 Å². The molecule has 0 radical (unpaired) electrons. The first-order valence-electron chi connectivity index (χ1n) is 6.18. The van der Waals surface area contributed by atoms with E-state index in [2.05, 4.69) is 17.2 Å². The van der Waals surface area contributed by atoms with Crippen molar-refractivity contribution in [3.05, 3.63) is 28.0 Å². The van der Waals surface area contributed by atoms with Gasteiger partial charge < -0.3 is 5.32 Å². The molecule has 98 valence electrons. The molecule has 0 aliphatic heterocycles. The van der Waals surface area contributed by atoms with E-state index in [0.717, 1.165) is 12.8 Å². The van der Waals surface area contributed by atoms with E-state index in [4.69, 9.17) is 23.2 Å². The molecule has 1 amide bonds. The standard InChI is InChI=1S/C13H16Cl2N2O/c1-8-3-2-4-10(5-8)17-13(18)9-6-11(14)12(15)16-7-9/h6-8,10H,2-5H2,1H3,(H,17,18)/t8-,10-/m0/s1. The smallest absolute Gasteiger partial charge is 0.253 e. The fraction of sp³-hybridized carbons (Fsp3) is 0.538. The van der Waals surface area contributed by atoms with Crippen LogP contribution >= 0.6 is 23.2 Å². The number of hydrogen-bond acceptors (Lipinski definition) is 2. The summed E-state index contributed by atoms with van der Waals surface area (Å²) >= 11 is 11.6. The van der Waals surface area contributed by atoms with Crippen LogP contribution in [-0.2, 0) is 0 Å². The Kier molecular flexibility index (Phi) is 4.46. The van der Waals surface area contributed by atoms with E-state index >= 15 is 0 Å². The first-order valence-corrected chi connectivity index (χ1v) is 6.93. The summed E-state index contributed by atoms with van der Waals surface area (Å²) in [5, 5.41) is 3.56. The third kappa shape index (κ3) is 3.36. The van der Waals surface area contributed by atoms with Crippen molar-refractivity contribution >= 4 is 29.1 Å². The average molecular weight is 287 g/mol. The molecule has 2 atom stereocenters. The lowest BCUT2D eigenvalue weighted by Gasteiger charge is -2.27. The summed E-state index contributed by atoms with van der Waals surface area (Å²) < 4.78 is 0. The predicted molar refractivity (Wildman–Crippen MR) is 73.1 cm³/mol. The number of amides is 1. The number of aromatic nitrogens is 1. The zero-order valence-electron chi connectivity index (χ0n) is 10.2. The Morgan fingerprint density at radius 2 is 2.22 bits per heavy atom. The van der Waals surface area contributed by atoms with Crippen LogP contribution in [0, 0.1) is 5.92 Å². The molecular formula is C13H16Cl2N2O. The molecule has 0 aromatic carbocycles. The minimum atomic E-state index is -0.125. The molecule has 1 saturated carbocycles. The van der Waals surface area contributed by atoms with E-state index in [1.807, 2.05) is 0 Å². The van der Waals surface area contributed by atoms with Gasteiger partial charge in [-0.3, -0.25) is 4.79 Å². The molecule has 0 bridgehead atoms. The number of nitrogens with zero attached hydrogens (tertiary/aromatic N) is 1. The van der Waals surface area contributed by atoms with E-state index in [9.17, 15) is 4.79 Å². The lowest BCUT2D eigenvalue weighted by atomic mass is 9.87. The van der Waals surface area contributed by atoms with Crippen LogP contribution in [0.25, 0.3) is 0 Å². The zero-order valence-corrected chi connectivity index (χ0v) is 11.8. The quantitative estimate of drug-likeness (QED) is 0.843. The van der Waals surface area contributed by atoms with Crippen molar-refractivity contribution in [1.82, 2.24) is 10.3 Å². The van der Waals surface area contributed by atoms with Gasteiger partial charge in [-0.05, 0) is 24.8 Å². The largest absolute Gasteiger partial charge is 0.349 e. The van der Waals surface area contributed by atoms with Gasteiger partial charge in [0.15, 0.2) is 0 Å². The Morgan fingerprint density at radius 1 is 1.44 bits per heavy atom. The summed E-state index contributed by atoms with van der Waals surface area (Å²) in [6.45, 7) is 2.22. The molecular weight excluding hydrogens is 271 g/mol. The van der Waals surface area contributed by atoms with Gasteiger partial charge in [0.05, 0.1) is 10.6 Å². The number of rotatable bonds is 2. The molecule has 0 saturated heterocycles. The van der Waals surface area contributed by atoms with E-state index in [0.29, 0.717) is 16.5 Å². The van der Waals surface area contributed by atoms with Gasteiger partial charge in [0.1, 0.15) is 5.15 Å².